The highest BCUT2D eigenvalue weighted by Gasteiger charge is 2.31. The van der Waals surface area contributed by atoms with Gasteiger partial charge in [0.25, 0.3) is 0 Å². The van der Waals surface area contributed by atoms with Crippen LogP contribution in [0.15, 0.2) is 48.5 Å². The van der Waals surface area contributed by atoms with Crippen LogP contribution in [0.4, 0.5) is 17.6 Å². The fourth-order valence-corrected chi connectivity index (χ4v) is 4.38. The first kappa shape index (κ1) is 26.5. The van der Waals surface area contributed by atoms with E-state index in [1.165, 1.54) is 38.5 Å². The lowest BCUT2D eigenvalue weighted by Gasteiger charge is -2.31. The van der Waals surface area contributed by atoms with Gasteiger partial charge in [-0.15, -0.1) is 0 Å². The second kappa shape index (κ2) is 11.6. The summed E-state index contributed by atoms with van der Waals surface area (Å²) in [7, 11) is 3.06. The fourth-order valence-electron chi connectivity index (χ4n) is 4.38. The van der Waals surface area contributed by atoms with Crippen LogP contribution in [-0.4, -0.2) is 19.3 Å². The van der Waals surface area contributed by atoms with Crippen LogP contribution in [0.1, 0.15) is 48.4 Å². The molecular formula is C28H30F4O3. The van der Waals surface area contributed by atoms with E-state index in [-0.39, 0.29) is 25.7 Å². The molecule has 0 fully saturated rings. The molecule has 0 aromatic heterocycles. The molecule has 0 saturated heterocycles. The zero-order chi connectivity index (χ0) is 25.6. The van der Waals surface area contributed by atoms with E-state index >= 15 is 0 Å². The number of ether oxygens (including phenoxy) is 2. The van der Waals surface area contributed by atoms with Gasteiger partial charge in [0.1, 0.15) is 34.8 Å². The highest BCUT2D eigenvalue weighted by Crippen LogP contribution is 2.40. The predicted octanol–water partition coefficient (Wildman–Crippen LogP) is 6.67. The van der Waals surface area contributed by atoms with E-state index in [0.717, 1.165) is 24.1 Å². The van der Waals surface area contributed by atoms with Crippen molar-refractivity contribution in [2.45, 2.75) is 51.0 Å². The Hall–Kier alpha value is -3.06. The molecule has 0 unspecified atom stereocenters. The van der Waals surface area contributed by atoms with Crippen LogP contribution in [0.5, 0.6) is 11.5 Å². The molecule has 0 bridgehead atoms. The summed E-state index contributed by atoms with van der Waals surface area (Å²) in [6.45, 7) is 2.03. The highest BCUT2D eigenvalue weighted by molar-refractivity contribution is 5.50. The third-order valence-corrected chi connectivity index (χ3v) is 6.14. The largest absolute Gasteiger partial charge is 0.496 e. The first-order chi connectivity index (χ1) is 16.7. The van der Waals surface area contributed by atoms with Gasteiger partial charge in [0, 0.05) is 17.7 Å². The van der Waals surface area contributed by atoms with Crippen molar-refractivity contribution in [3.63, 3.8) is 0 Å². The molecule has 188 valence electrons. The third-order valence-electron chi connectivity index (χ3n) is 6.14. The molecule has 0 heterocycles. The lowest BCUT2D eigenvalue weighted by atomic mass is 9.82. The molecule has 0 atom stereocenters. The molecule has 3 aromatic rings. The molecule has 0 aliphatic carbocycles. The summed E-state index contributed by atoms with van der Waals surface area (Å²) in [5.41, 5.74) is 0.623. The molecule has 0 saturated carbocycles. The maximum Gasteiger partial charge on any atom is 0.126 e. The van der Waals surface area contributed by atoms with Crippen LogP contribution < -0.4 is 9.47 Å². The van der Waals surface area contributed by atoms with E-state index < -0.39 is 28.9 Å². The predicted molar refractivity (Wildman–Crippen MR) is 127 cm³/mol. The number of aliphatic hydroxyl groups is 1. The Kier molecular flexibility index (Phi) is 8.78. The molecule has 35 heavy (non-hydrogen) atoms. The molecule has 7 heteroatoms. The summed E-state index contributed by atoms with van der Waals surface area (Å²) >= 11 is 0. The number of methoxy groups -OCH3 is 2. The van der Waals surface area contributed by atoms with Gasteiger partial charge in [-0.05, 0) is 85.2 Å². The molecule has 3 nitrogen and oxygen atoms in total. The van der Waals surface area contributed by atoms with Crippen molar-refractivity contribution in [2.24, 2.45) is 0 Å². The smallest absolute Gasteiger partial charge is 0.126 e. The third kappa shape index (κ3) is 6.75. The maximum absolute atomic E-state index is 13.7. The minimum atomic E-state index is -1.50. The summed E-state index contributed by atoms with van der Waals surface area (Å²) in [5, 5.41) is 11.9. The SMILES string of the molecule is CCCc1c(OC)cc(C(O)(CCc2cc(F)cc(F)c2)CCc2cc(F)cc(F)c2)cc1OC. The lowest BCUT2D eigenvalue weighted by molar-refractivity contribution is 0.0185. The number of hydrogen-bond acceptors (Lipinski definition) is 3. The zero-order valence-corrected chi connectivity index (χ0v) is 20.1. The van der Waals surface area contributed by atoms with Gasteiger partial charge >= 0.3 is 0 Å². The maximum atomic E-state index is 13.7. The lowest BCUT2D eigenvalue weighted by Crippen LogP contribution is -2.28. The minimum Gasteiger partial charge on any atom is -0.496 e. The fraction of sp³-hybridized carbons (Fsp3) is 0.357. The minimum absolute atomic E-state index is 0.104. The Morgan fingerprint density at radius 1 is 0.657 bits per heavy atom. The van der Waals surface area contributed by atoms with E-state index in [2.05, 4.69) is 0 Å². The van der Waals surface area contributed by atoms with Crippen molar-refractivity contribution >= 4 is 0 Å². The second-order valence-electron chi connectivity index (χ2n) is 8.70. The zero-order valence-electron chi connectivity index (χ0n) is 20.1. The average molecular weight is 491 g/mol. The van der Waals surface area contributed by atoms with E-state index in [4.69, 9.17) is 9.47 Å². The van der Waals surface area contributed by atoms with Crippen LogP contribution in [0.3, 0.4) is 0 Å². The Morgan fingerprint density at radius 2 is 1.06 bits per heavy atom. The van der Waals surface area contributed by atoms with E-state index in [1.54, 1.807) is 12.1 Å². The van der Waals surface area contributed by atoms with Crippen LogP contribution in [0, 0.1) is 23.3 Å². The number of rotatable bonds is 11. The normalized spacial score (nSPS) is 11.5. The number of hydrogen-bond donors (Lipinski definition) is 1. The van der Waals surface area contributed by atoms with E-state index in [0.29, 0.717) is 34.6 Å². The summed E-state index contributed by atoms with van der Waals surface area (Å²) in [6.07, 6.45) is 2.11. The van der Waals surface area contributed by atoms with Crippen LogP contribution in [0.2, 0.25) is 0 Å². The number of aryl methyl sites for hydroxylation is 2. The quantitative estimate of drug-likeness (QED) is 0.305. The van der Waals surface area contributed by atoms with Crippen LogP contribution in [0.25, 0.3) is 0 Å². The van der Waals surface area contributed by atoms with Gasteiger partial charge in [-0.25, -0.2) is 17.6 Å². The van der Waals surface area contributed by atoms with Crippen LogP contribution in [-0.2, 0) is 24.9 Å². The van der Waals surface area contributed by atoms with Crippen molar-refractivity contribution in [1.29, 1.82) is 0 Å². The van der Waals surface area contributed by atoms with E-state index in [9.17, 15) is 22.7 Å². The van der Waals surface area contributed by atoms with Gasteiger partial charge in [0.2, 0.25) is 0 Å². The summed E-state index contributed by atoms with van der Waals surface area (Å²) in [6, 6.07) is 9.91. The number of benzene rings is 3. The average Bonchev–Trinajstić information content (AvgIpc) is 2.80. The molecule has 0 aliphatic rings. The second-order valence-corrected chi connectivity index (χ2v) is 8.70. The van der Waals surface area contributed by atoms with Gasteiger partial charge in [0.15, 0.2) is 0 Å². The first-order valence-corrected chi connectivity index (χ1v) is 11.5. The monoisotopic (exact) mass is 490 g/mol. The molecule has 3 rings (SSSR count). The molecule has 0 radical (unpaired) electrons. The summed E-state index contributed by atoms with van der Waals surface area (Å²) < 4.78 is 66.0. The van der Waals surface area contributed by atoms with Gasteiger partial charge in [0.05, 0.1) is 19.8 Å². The van der Waals surface area contributed by atoms with E-state index in [1.807, 2.05) is 6.92 Å². The van der Waals surface area contributed by atoms with Crippen molar-refractivity contribution in [1.82, 2.24) is 0 Å². The Balaban J connectivity index is 2.00. The molecule has 0 aliphatic heterocycles. The first-order valence-electron chi connectivity index (χ1n) is 11.5. The summed E-state index contributed by atoms with van der Waals surface area (Å²) in [4.78, 5) is 0. The number of halogens is 4. The Morgan fingerprint density at radius 3 is 1.40 bits per heavy atom. The van der Waals surface area contributed by atoms with Crippen molar-refractivity contribution in [2.75, 3.05) is 14.2 Å². The standard InChI is InChI=1S/C28H30F4O3/c1-4-5-25-26(34-2)14-20(15-27(25)35-3)28(33,8-6-18-10-21(29)16-22(30)11-18)9-7-19-12-23(31)17-24(32)13-19/h10-17,33H,4-9H2,1-3H3. The molecule has 0 amide bonds. The van der Waals surface area contributed by atoms with Gasteiger partial charge < -0.3 is 14.6 Å². The highest BCUT2D eigenvalue weighted by atomic mass is 19.1. The molecule has 0 spiro atoms. The van der Waals surface area contributed by atoms with Gasteiger partial charge in [-0.3, -0.25) is 0 Å². The van der Waals surface area contributed by atoms with Crippen molar-refractivity contribution < 1.29 is 32.1 Å². The van der Waals surface area contributed by atoms with Crippen LogP contribution >= 0.6 is 0 Å². The molecule has 3 aromatic carbocycles. The van der Waals surface area contributed by atoms with Gasteiger partial charge in [-0.1, -0.05) is 13.3 Å². The molecular weight excluding hydrogens is 460 g/mol. The Labute approximate surface area is 203 Å². The Bertz CT molecular complexity index is 1040. The topological polar surface area (TPSA) is 38.7 Å². The van der Waals surface area contributed by atoms with Crippen molar-refractivity contribution in [3.8, 4) is 11.5 Å². The van der Waals surface area contributed by atoms with Gasteiger partial charge in [-0.2, -0.15) is 0 Å². The van der Waals surface area contributed by atoms with Crippen molar-refractivity contribution in [3.05, 3.63) is 94.1 Å². The summed E-state index contributed by atoms with van der Waals surface area (Å²) in [5.74, 6) is -1.71. The molecule has 1 N–H and O–H groups in total.